The van der Waals surface area contributed by atoms with E-state index in [0.717, 1.165) is 5.56 Å². The molecule has 26 heavy (non-hydrogen) atoms. The molecular formula is C16H20N8O2. The van der Waals surface area contributed by atoms with Gasteiger partial charge in [-0.25, -0.2) is 0 Å². The summed E-state index contributed by atoms with van der Waals surface area (Å²) >= 11 is 0. The molecule has 0 saturated carbocycles. The highest BCUT2D eigenvalue weighted by Gasteiger charge is 2.17. The van der Waals surface area contributed by atoms with Gasteiger partial charge in [-0.05, 0) is 24.3 Å². The van der Waals surface area contributed by atoms with Gasteiger partial charge < -0.3 is 14.6 Å². The smallest absolute Gasteiger partial charge is 0.251 e. The third kappa shape index (κ3) is 3.91. The van der Waals surface area contributed by atoms with Gasteiger partial charge >= 0.3 is 0 Å². The zero-order valence-electron chi connectivity index (χ0n) is 14.8. The molecule has 10 heteroatoms. The van der Waals surface area contributed by atoms with Crippen LogP contribution in [0.4, 0.5) is 0 Å². The van der Waals surface area contributed by atoms with Crippen molar-refractivity contribution in [2.75, 3.05) is 13.7 Å². The SMILES string of the molecule is COCCn1cnnc1C(C)NC(=O)c1ccc(-c2nnn(C)n2)cc1. The maximum Gasteiger partial charge on any atom is 0.251 e. The first-order valence-corrected chi connectivity index (χ1v) is 8.10. The first kappa shape index (κ1) is 17.7. The highest BCUT2D eigenvalue weighted by atomic mass is 16.5. The van der Waals surface area contributed by atoms with Gasteiger partial charge in [0.05, 0.1) is 19.7 Å². The number of rotatable bonds is 7. The lowest BCUT2D eigenvalue weighted by Gasteiger charge is -2.14. The monoisotopic (exact) mass is 356 g/mol. The molecule has 0 aliphatic rings. The van der Waals surface area contributed by atoms with Crippen LogP contribution in [-0.2, 0) is 18.3 Å². The van der Waals surface area contributed by atoms with Crippen molar-refractivity contribution in [3.63, 3.8) is 0 Å². The van der Waals surface area contributed by atoms with Crippen molar-refractivity contribution in [1.29, 1.82) is 0 Å². The minimum atomic E-state index is -0.289. The zero-order chi connectivity index (χ0) is 18.5. The number of aromatic nitrogens is 7. The molecule has 0 bridgehead atoms. The summed E-state index contributed by atoms with van der Waals surface area (Å²) in [4.78, 5) is 13.9. The number of tetrazole rings is 1. The van der Waals surface area contributed by atoms with Gasteiger partial charge in [-0.15, -0.1) is 20.4 Å². The van der Waals surface area contributed by atoms with E-state index in [-0.39, 0.29) is 11.9 Å². The summed E-state index contributed by atoms with van der Waals surface area (Å²) in [5.74, 6) is 0.993. The summed E-state index contributed by atoms with van der Waals surface area (Å²) in [7, 11) is 3.33. The maximum atomic E-state index is 12.5. The summed E-state index contributed by atoms with van der Waals surface area (Å²) in [6, 6.07) is 6.74. The van der Waals surface area contributed by atoms with Gasteiger partial charge in [-0.3, -0.25) is 4.79 Å². The summed E-state index contributed by atoms with van der Waals surface area (Å²) in [5, 5.41) is 22.8. The van der Waals surface area contributed by atoms with Crippen molar-refractivity contribution in [2.24, 2.45) is 7.05 Å². The van der Waals surface area contributed by atoms with Crippen LogP contribution >= 0.6 is 0 Å². The van der Waals surface area contributed by atoms with Crippen LogP contribution in [0.5, 0.6) is 0 Å². The van der Waals surface area contributed by atoms with Gasteiger partial charge in [0.1, 0.15) is 6.33 Å². The van der Waals surface area contributed by atoms with Crippen molar-refractivity contribution < 1.29 is 9.53 Å². The van der Waals surface area contributed by atoms with E-state index in [4.69, 9.17) is 4.74 Å². The number of methoxy groups -OCH3 is 1. The molecule has 3 aromatic rings. The Hall–Kier alpha value is -3.14. The molecule has 0 aliphatic heterocycles. The van der Waals surface area contributed by atoms with Gasteiger partial charge in [-0.1, -0.05) is 12.1 Å². The topological polar surface area (TPSA) is 113 Å². The normalized spacial score (nSPS) is 12.1. The van der Waals surface area contributed by atoms with Crippen LogP contribution in [0.2, 0.25) is 0 Å². The number of hydrogen-bond acceptors (Lipinski definition) is 7. The number of carbonyl (C=O) groups excluding carboxylic acids is 1. The second-order valence-electron chi connectivity index (χ2n) is 5.75. The molecular weight excluding hydrogens is 336 g/mol. The fourth-order valence-corrected chi connectivity index (χ4v) is 2.48. The van der Waals surface area contributed by atoms with E-state index in [9.17, 15) is 4.79 Å². The van der Waals surface area contributed by atoms with E-state index in [0.29, 0.717) is 30.4 Å². The van der Waals surface area contributed by atoms with Crippen LogP contribution in [0, 0.1) is 0 Å². The molecule has 0 aliphatic carbocycles. The lowest BCUT2D eigenvalue weighted by Crippen LogP contribution is -2.29. The lowest BCUT2D eigenvalue weighted by molar-refractivity contribution is 0.0937. The highest BCUT2D eigenvalue weighted by molar-refractivity contribution is 5.94. The van der Waals surface area contributed by atoms with Crippen LogP contribution in [0.1, 0.15) is 29.1 Å². The molecule has 0 spiro atoms. The van der Waals surface area contributed by atoms with Gasteiger partial charge in [0, 0.05) is 24.8 Å². The number of nitrogens with one attached hydrogen (secondary N) is 1. The fourth-order valence-electron chi connectivity index (χ4n) is 2.48. The van der Waals surface area contributed by atoms with Crippen molar-refractivity contribution in [3.05, 3.63) is 42.0 Å². The molecule has 10 nitrogen and oxygen atoms in total. The Kier molecular flexibility index (Phi) is 5.32. The van der Waals surface area contributed by atoms with Crippen molar-refractivity contribution in [3.8, 4) is 11.4 Å². The Morgan fingerprint density at radius 3 is 2.69 bits per heavy atom. The highest BCUT2D eigenvalue weighted by Crippen LogP contribution is 2.15. The largest absolute Gasteiger partial charge is 0.383 e. The van der Waals surface area contributed by atoms with E-state index < -0.39 is 0 Å². The number of amides is 1. The van der Waals surface area contributed by atoms with Crippen molar-refractivity contribution in [2.45, 2.75) is 19.5 Å². The Morgan fingerprint density at radius 1 is 1.27 bits per heavy atom. The van der Waals surface area contributed by atoms with Gasteiger partial charge in [0.25, 0.3) is 5.91 Å². The number of benzene rings is 1. The molecule has 0 saturated heterocycles. The molecule has 1 aromatic carbocycles. The first-order valence-electron chi connectivity index (χ1n) is 8.10. The molecule has 2 heterocycles. The first-order chi connectivity index (χ1) is 12.6. The fraction of sp³-hybridized carbons (Fsp3) is 0.375. The van der Waals surface area contributed by atoms with Crippen LogP contribution in [0.15, 0.2) is 30.6 Å². The standard InChI is InChI=1S/C16H20N8O2/c1-11(15-20-17-10-24(15)8-9-26-3)18-16(25)13-6-4-12(5-7-13)14-19-22-23(2)21-14/h4-7,10-11H,8-9H2,1-3H3,(H,18,25). The number of hydrogen-bond donors (Lipinski definition) is 1. The number of ether oxygens (including phenoxy) is 1. The molecule has 0 radical (unpaired) electrons. The molecule has 136 valence electrons. The van der Waals surface area contributed by atoms with Crippen LogP contribution in [0.3, 0.4) is 0 Å². The van der Waals surface area contributed by atoms with Crippen LogP contribution < -0.4 is 5.32 Å². The Bertz CT molecular complexity index is 871. The lowest BCUT2D eigenvalue weighted by atomic mass is 10.1. The van der Waals surface area contributed by atoms with E-state index in [2.05, 4.69) is 30.9 Å². The molecule has 1 atom stereocenters. The molecule has 3 rings (SSSR count). The van der Waals surface area contributed by atoms with E-state index in [1.54, 1.807) is 44.8 Å². The third-order valence-electron chi connectivity index (χ3n) is 3.83. The van der Waals surface area contributed by atoms with Gasteiger partial charge in [-0.2, -0.15) is 4.80 Å². The second kappa shape index (κ2) is 7.83. The predicted molar refractivity (Wildman–Crippen MR) is 92.0 cm³/mol. The molecule has 1 N–H and O–H groups in total. The number of carbonyl (C=O) groups is 1. The molecule has 1 unspecified atom stereocenters. The Balaban J connectivity index is 1.67. The van der Waals surface area contributed by atoms with E-state index in [1.165, 1.54) is 4.80 Å². The van der Waals surface area contributed by atoms with Crippen LogP contribution in [0.25, 0.3) is 11.4 Å². The Labute approximate surface area is 150 Å². The minimum absolute atomic E-state index is 0.197. The summed E-state index contributed by atoms with van der Waals surface area (Å²) in [5.41, 5.74) is 1.33. The second-order valence-corrected chi connectivity index (χ2v) is 5.75. The molecule has 2 aromatic heterocycles. The predicted octanol–water partition coefficient (Wildman–Crippen LogP) is 0.606. The molecule has 1 amide bonds. The maximum absolute atomic E-state index is 12.5. The minimum Gasteiger partial charge on any atom is -0.383 e. The molecule has 0 fully saturated rings. The van der Waals surface area contributed by atoms with E-state index >= 15 is 0 Å². The third-order valence-corrected chi connectivity index (χ3v) is 3.83. The summed E-state index contributed by atoms with van der Waals surface area (Å²) in [6.07, 6.45) is 1.62. The zero-order valence-corrected chi connectivity index (χ0v) is 14.8. The van der Waals surface area contributed by atoms with Gasteiger partial charge in [0.2, 0.25) is 5.82 Å². The summed E-state index contributed by atoms with van der Waals surface area (Å²) in [6.45, 7) is 3.03. The van der Waals surface area contributed by atoms with Crippen molar-refractivity contribution >= 4 is 5.91 Å². The average Bonchev–Trinajstić information content (AvgIpc) is 3.29. The quantitative estimate of drug-likeness (QED) is 0.660. The number of aryl methyl sites for hydroxylation is 1. The summed E-state index contributed by atoms with van der Waals surface area (Å²) < 4.78 is 6.93. The van der Waals surface area contributed by atoms with Gasteiger partial charge in [0.15, 0.2) is 5.82 Å². The van der Waals surface area contributed by atoms with Crippen molar-refractivity contribution in [1.82, 2.24) is 40.3 Å². The average molecular weight is 356 g/mol. The van der Waals surface area contributed by atoms with E-state index in [1.807, 2.05) is 11.5 Å². The number of nitrogens with zero attached hydrogens (tertiary/aromatic N) is 7. The Morgan fingerprint density at radius 2 is 2.04 bits per heavy atom. The van der Waals surface area contributed by atoms with Crippen LogP contribution in [-0.4, -0.2) is 54.6 Å².